The monoisotopic (exact) mass is 719 g/mol. The lowest BCUT2D eigenvalue weighted by Gasteiger charge is -2.26. The summed E-state index contributed by atoms with van der Waals surface area (Å²) in [6.45, 7) is 0. The van der Waals surface area contributed by atoms with Crippen LogP contribution in [-0.4, -0.2) is 0 Å². The van der Waals surface area contributed by atoms with E-state index in [9.17, 15) is 0 Å². The highest BCUT2D eigenvalue weighted by atomic mass is 32.1. The van der Waals surface area contributed by atoms with Crippen molar-refractivity contribution in [2.75, 3.05) is 4.90 Å². The van der Waals surface area contributed by atoms with E-state index in [4.69, 9.17) is 4.42 Å². The summed E-state index contributed by atoms with van der Waals surface area (Å²) in [5.41, 5.74) is 12.4. The van der Waals surface area contributed by atoms with Crippen molar-refractivity contribution in [3.8, 4) is 33.4 Å². The molecule has 3 heteroatoms. The molecule has 2 aromatic heterocycles. The molecule has 0 aliphatic carbocycles. The number of rotatable bonds is 6. The lowest BCUT2D eigenvalue weighted by Crippen LogP contribution is -2.10. The van der Waals surface area contributed by atoms with Gasteiger partial charge in [0.25, 0.3) is 0 Å². The van der Waals surface area contributed by atoms with Crippen LogP contribution in [0.4, 0.5) is 17.1 Å². The van der Waals surface area contributed by atoms with Crippen LogP contribution in [0.5, 0.6) is 0 Å². The Balaban J connectivity index is 1.09. The van der Waals surface area contributed by atoms with Crippen molar-refractivity contribution in [1.82, 2.24) is 0 Å². The normalized spacial score (nSPS) is 11.6. The second-order valence-electron chi connectivity index (χ2n) is 14.0. The Hall–Kier alpha value is -6.94. The Morgan fingerprint density at radius 2 is 0.855 bits per heavy atom. The molecule has 11 aromatic rings. The summed E-state index contributed by atoms with van der Waals surface area (Å²) < 4.78 is 8.99. The van der Waals surface area contributed by atoms with Crippen LogP contribution in [0.25, 0.3) is 86.3 Å². The van der Waals surface area contributed by atoms with E-state index in [0.29, 0.717) is 0 Å². The summed E-state index contributed by atoms with van der Waals surface area (Å²) in [6, 6.07) is 72.1. The molecule has 0 atom stereocenters. The van der Waals surface area contributed by atoms with E-state index >= 15 is 0 Å². The van der Waals surface area contributed by atoms with Crippen LogP contribution in [0.1, 0.15) is 0 Å². The van der Waals surface area contributed by atoms with E-state index in [1.165, 1.54) is 64.3 Å². The molecule has 2 nitrogen and oxygen atoms in total. The molecule has 0 radical (unpaired) electrons. The Labute approximate surface area is 322 Å². The van der Waals surface area contributed by atoms with E-state index in [1.807, 2.05) is 23.5 Å². The van der Waals surface area contributed by atoms with Crippen molar-refractivity contribution < 1.29 is 4.42 Å². The van der Waals surface area contributed by atoms with Crippen molar-refractivity contribution in [3.05, 3.63) is 200 Å². The molecule has 0 bridgehead atoms. The summed E-state index contributed by atoms with van der Waals surface area (Å²) in [5.74, 6) is 0. The molecule has 0 N–H and O–H groups in total. The zero-order chi connectivity index (χ0) is 36.3. The van der Waals surface area contributed by atoms with Gasteiger partial charge in [0.05, 0.1) is 10.4 Å². The molecule has 0 aliphatic heterocycles. The second kappa shape index (κ2) is 12.9. The molecule has 2 heterocycles. The number of nitrogens with zero attached hydrogens (tertiary/aromatic N) is 1. The summed E-state index contributed by atoms with van der Waals surface area (Å²) in [4.78, 5) is 2.40. The summed E-state index contributed by atoms with van der Waals surface area (Å²) >= 11 is 1.87. The number of fused-ring (bicyclic) bond motifs is 7. The highest BCUT2D eigenvalue weighted by Crippen LogP contribution is 2.48. The summed E-state index contributed by atoms with van der Waals surface area (Å²) in [5, 5.41) is 7.28. The fourth-order valence-corrected chi connectivity index (χ4v) is 9.66. The topological polar surface area (TPSA) is 16.4 Å². The molecule has 0 aliphatic rings. The third kappa shape index (κ3) is 5.24. The molecule has 9 aromatic carbocycles. The van der Waals surface area contributed by atoms with Gasteiger partial charge >= 0.3 is 0 Å². The SMILES string of the molecule is c1ccc(-c2ccc(-c3ccc(N(c4ccc5c(c4)oc4ccccc45)c4cccc5c4sc4c(-c6ccccc6)cccc45)cc3)c3ccccc23)cc1. The van der Waals surface area contributed by atoms with Crippen LogP contribution in [-0.2, 0) is 0 Å². The van der Waals surface area contributed by atoms with Crippen LogP contribution >= 0.6 is 11.3 Å². The second-order valence-corrected chi connectivity index (χ2v) is 15.1. The third-order valence-electron chi connectivity index (χ3n) is 10.9. The van der Waals surface area contributed by atoms with Gasteiger partial charge in [-0.15, -0.1) is 11.3 Å². The van der Waals surface area contributed by atoms with Crippen molar-refractivity contribution in [2.24, 2.45) is 0 Å². The first-order valence-electron chi connectivity index (χ1n) is 18.7. The van der Waals surface area contributed by atoms with Gasteiger partial charge in [0.1, 0.15) is 11.2 Å². The number of benzene rings is 9. The zero-order valence-corrected chi connectivity index (χ0v) is 30.6. The molecule has 0 amide bonds. The predicted molar refractivity (Wildman–Crippen MR) is 235 cm³/mol. The summed E-state index contributed by atoms with van der Waals surface area (Å²) in [6.07, 6.45) is 0. The highest BCUT2D eigenvalue weighted by Gasteiger charge is 2.21. The van der Waals surface area contributed by atoms with Gasteiger partial charge in [-0.25, -0.2) is 0 Å². The number of hydrogen-bond donors (Lipinski definition) is 0. The quantitative estimate of drug-likeness (QED) is 0.170. The average Bonchev–Trinajstić information content (AvgIpc) is 3.83. The molecular formula is C52H33NOS. The maximum Gasteiger partial charge on any atom is 0.137 e. The maximum absolute atomic E-state index is 6.45. The Bertz CT molecular complexity index is 3190. The van der Waals surface area contributed by atoms with E-state index < -0.39 is 0 Å². The predicted octanol–water partition coefficient (Wildman–Crippen LogP) is 15.6. The minimum Gasteiger partial charge on any atom is -0.456 e. The van der Waals surface area contributed by atoms with Crippen molar-refractivity contribution in [3.63, 3.8) is 0 Å². The Morgan fingerprint density at radius 3 is 1.56 bits per heavy atom. The van der Waals surface area contributed by atoms with Gasteiger partial charge in [0.15, 0.2) is 0 Å². The average molecular weight is 720 g/mol. The minimum absolute atomic E-state index is 0.875. The van der Waals surface area contributed by atoms with Crippen molar-refractivity contribution in [2.45, 2.75) is 0 Å². The van der Waals surface area contributed by atoms with Gasteiger partial charge in [-0.05, 0) is 80.6 Å². The Kier molecular flexibility index (Phi) is 7.39. The van der Waals surface area contributed by atoms with Crippen LogP contribution in [0.15, 0.2) is 205 Å². The van der Waals surface area contributed by atoms with E-state index in [0.717, 1.165) is 39.0 Å². The first kappa shape index (κ1) is 31.6. The van der Waals surface area contributed by atoms with Gasteiger partial charge < -0.3 is 9.32 Å². The highest BCUT2D eigenvalue weighted by molar-refractivity contribution is 7.27. The molecule has 258 valence electrons. The smallest absolute Gasteiger partial charge is 0.137 e. The van der Waals surface area contributed by atoms with Gasteiger partial charge in [-0.1, -0.05) is 158 Å². The molecule has 0 spiro atoms. The van der Waals surface area contributed by atoms with Crippen LogP contribution in [0.3, 0.4) is 0 Å². The molecule has 11 rings (SSSR count). The minimum atomic E-state index is 0.875. The van der Waals surface area contributed by atoms with E-state index in [2.05, 4.69) is 193 Å². The lowest BCUT2D eigenvalue weighted by molar-refractivity contribution is 0.669. The number of furan rings is 1. The van der Waals surface area contributed by atoms with Gasteiger partial charge in [0.2, 0.25) is 0 Å². The van der Waals surface area contributed by atoms with E-state index in [1.54, 1.807) is 0 Å². The number of anilines is 3. The van der Waals surface area contributed by atoms with Crippen molar-refractivity contribution in [1.29, 1.82) is 0 Å². The largest absolute Gasteiger partial charge is 0.456 e. The molecule has 0 saturated carbocycles. The number of thiophene rings is 1. The molecular weight excluding hydrogens is 687 g/mol. The van der Waals surface area contributed by atoms with Crippen LogP contribution in [0.2, 0.25) is 0 Å². The first-order valence-corrected chi connectivity index (χ1v) is 19.5. The third-order valence-corrected chi connectivity index (χ3v) is 12.2. The fourth-order valence-electron chi connectivity index (χ4n) is 8.32. The van der Waals surface area contributed by atoms with Crippen molar-refractivity contribution >= 4 is 81.3 Å². The number of para-hydroxylation sites is 1. The zero-order valence-electron chi connectivity index (χ0n) is 29.8. The van der Waals surface area contributed by atoms with E-state index in [-0.39, 0.29) is 0 Å². The van der Waals surface area contributed by atoms with Gasteiger partial charge in [0, 0.05) is 43.7 Å². The molecule has 55 heavy (non-hydrogen) atoms. The molecule has 0 fully saturated rings. The van der Waals surface area contributed by atoms with Gasteiger partial charge in [-0.3, -0.25) is 0 Å². The standard InChI is InChI=1S/C52H33NOS/c1-3-13-34(14-4-1)39-31-32-40(43-18-8-7-17-42(39)43)36-25-27-37(28-26-36)53(38-29-30-45-44-19-9-10-24-49(44)54-50(45)33-38)48-23-12-22-47-46-21-11-20-41(51(46)55-52(47)48)35-15-5-2-6-16-35/h1-33H. The molecule has 0 saturated heterocycles. The fraction of sp³-hybridized carbons (Fsp3) is 0. The Morgan fingerprint density at radius 1 is 0.327 bits per heavy atom. The summed E-state index contributed by atoms with van der Waals surface area (Å²) in [7, 11) is 0. The van der Waals surface area contributed by atoms with Crippen LogP contribution < -0.4 is 4.90 Å². The first-order chi connectivity index (χ1) is 27.3. The lowest BCUT2D eigenvalue weighted by atomic mass is 9.92. The van der Waals surface area contributed by atoms with Gasteiger partial charge in [-0.2, -0.15) is 0 Å². The van der Waals surface area contributed by atoms with Crippen LogP contribution in [0, 0.1) is 0 Å². The maximum atomic E-state index is 6.45. The number of hydrogen-bond acceptors (Lipinski definition) is 3. The molecule has 0 unspecified atom stereocenters.